The molecule has 6 nitrogen and oxygen atoms in total. The summed E-state index contributed by atoms with van der Waals surface area (Å²) in [5.41, 5.74) is 3.63. The van der Waals surface area contributed by atoms with E-state index in [9.17, 15) is 9.59 Å². The smallest absolute Gasteiger partial charge is 0.303 e. The van der Waals surface area contributed by atoms with Crippen molar-refractivity contribution in [3.8, 4) is 5.69 Å². The Morgan fingerprint density at radius 3 is 2.41 bits per heavy atom. The maximum atomic E-state index is 12.6. The van der Waals surface area contributed by atoms with E-state index in [4.69, 9.17) is 5.11 Å². The largest absolute Gasteiger partial charge is 0.481 e. The molecule has 0 fully saturated rings. The van der Waals surface area contributed by atoms with E-state index in [0.717, 1.165) is 30.6 Å². The van der Waals surface area contributed by atoms with E-state index in [1.165, 1.54) is 5.56 Å². The Bertz CT molecular complexity index is 763. The molecule has 1 aromatic carbocycles. The van der Waals surface area contributed by atoms with Crippen LogP contribution in [0.1, 0.15) is 73.5 Å². The second-order valence-corrected chi connectivity index (χ2v) is 7.16. The van der Waals surface area contributed by atoms with Crippen molar-refractivity contribution < 1.29 is 14.7 Å². The van der Waals surface area contributed by atoms with E-state index in [1.807, 2.05) is 35.9 Å². The predicted octanol–water partition coefficient (Wildman–Crippen LogP) is 4.07. The summed E-state index contributed by atoms with van der Waals surface area (Å²) in [6.07, 6.45) is 5.15. The molecule has 0 aliphatic rings. The highest BCUT2D eigenvalue weighted by molar-refractivity contribution is 5.95. The number of aromatic nitrogens is 2. The number of carbonyl (C=O) groups is 2. The van der Waals surface area contributed by atoms with Crippen LogP contribution in [0.4, 0.5) is 0 Å². The van der Waals surface area contributed by atoms with Crippen LogP contribution in [-0.4, -0.2) is 33.3 Å². The van der Waals surface area contributed by atoms with E-state index in [0.29, 0.717) is 18.5 Å². The Kier molecular flexibility index (Phi) is 7.58. The van der Waals surface area contributed by atoms with Gasteiger partial charge in [0.1, 0.15) is 0 Å². The van der Waals surface area contributed by atoms with E-state index in [-0.39, 0.29) is 18.2 Å². The molecule has 0 spiro atoms. The minimum absolute atomic E-state index is 0.109. The quantitative estimate of drug-likeness (QED) is 0.617. The van der Waals surface area contributed by atoms with Gasteiger partial charge >= 0.3 is 5.97 Å². The van der Waals surface area contributed by atoms with Crippen molar-refractivity contribution >= 4 is 11.9 Å². The van der Waals surface area contributed by atoms with E-state index < -0.39 is 5.97 Å². The van der Waals surface area contributed by atoms with Gasteiger partial charge in [0.2, 0.25) is 0 Å². The van der Waals surface area contributed by atoms with Crippen molar-refractivity contribution in [3.05, 3.63) is 47.3 Å². The van der Waals surface area contributed by atoms with Crippen molar-refractivity contribution in [3.63, 3.8) is 0 Å². The normalized spacial score (nSPS) is 11.0. The number of benzene rings is 1. The topological polar surface area (TPSA) is 84.2 Å². The Hall–Kier alpha value is -2.63. The van der Waals surface area contributed by atoms with Crippen LogP contribution in [0.2, 0.25) is 0 Å². The highest BCUT2D eigenvalue weighted by atomic mass is 16.4. The van der Waals surface area contributed by atoms with Gasteiger partial charge in [-0.15, -0.1) is 0 Å². The van der Waals surface area contributed by atoms with Crippen LogP contribution in [0, 0.1) is 6.92 Å². The summed E-state index contributed by atoms with van der Waals surface area (Å²) in [4.78, 5) is 23.1. The zero-order valence-electron chi connectivity index (χ0n) is 16.4. The minimum Gasteiger partial charge on any atom is -0.481 e. The van der Waals surface area contributed by atoms with Gasteiger partial charge in [0.15, 0.2) is 0 Å². The first kappa shape index (κ1) is 20.7. The Balaban J connectivity index is 1.96. The lowest BCUT2D eigenvalue weighted by Crippen LogP contribution is -2.25. The summed E-state index contributed by atoms with van der Waals surface area (Å²) in [5, 5.41) is 16.0. The van der Waals surface area contributed by atoms with Gasteiger partial charge in [-0.3, -0.25) is 9.59 Å². The molecule has 1 amide bonds. The number of rotatable bonds is 10. The van der Waals surface area contributed by atoms with Crippen molar-refractivity contribution in [2.45, 2.75) is 58.8 Å². The van der Waals surface area contributed by atoms with Gasteiger partial charge in [-0.05, 0) is 37.8 Å². The first-order valence-electron chi connectivity index (χ1n) is 9.55. The van der Waals surface area contributed by atoms with Crippen LogP contribution in [0.3, 0.4) is 0 Å². The fourth-order valence-electron chi connectivity index (χ4n) is 3.03. The molecule has 2 aromatic rings. The van der Waals surface area contributed by atoms with Gasteiger partial charge in [0.25, 0.3) is 5.91 Å². The van der Waals surface area contributed by atoms with Gasteiger partial charge in [-0.1, -0.05) is 44.4 Å². The molecular weight excluding hydrogens is 342 g/mol. The maximum absolute atomic E-state index is 12.6. The number of carboxylic acids is 1. The summed E-state index contributed by atoms with van der Waals surface area (Å²) in [5.74, 6) is -0.705. The number of hydrogen-bond donors (Lipinski definition) is 2. The van der Waals surface area contributed by atoms with Crippen LogP contribution in [0.15, 0.2) is 30.5 Å². The lowest BCUT2D eigenvalue weighted by Gasteiger charge is -2.13. The van der Waals surface area contributed by atoms with Crippen molar-refractivity contribution in [2.75, 3.05) is 6.54 Å². The number of carbonyl (C=O) groups excluding carboxylic acids is 1. The highest BCUT2D eigenvalue weighted by Gasteiger charge is 2.20. The van der Waals surface area contributed by atoms with Gasteiger partial charge in [0.05, 0.1) is 23.1 Å². The number of unbranched alkanes of at least 4 members (excludes halogenated alkanes) is 3. The molecule has 0 atom stereocenters. The number of carboxylic acid groups (broad SMARTS) is 1. The molecule has 0 saturated carbocycles. The highest BCUT2D eigenvalue weighted by Crippen LogP contribution is 2.23. The fourth-order valence-corrected chi connectivity index (χ4v) is 3.03. The molecule has 0 aliphatic heterocycles. The van der Waals surface area contributed by atoms with Gasteiger partial charge in [-0.25, -0.2) is 4.68 Å². The molecule has 0 bridgehead atoms. The Morgan fingerprint density at radius 2 is 1.78 bits per heavy atom. The summed E-state index contributed by atoms with van der Waals surface area (Å²) in [6.45, 7) is 6.73. The molecule has 0 unspecified atom stereocenters. The number of nitrogens with one attached hydrogen (secondary N) is 1. The average molecular weight is 371 g/mol. The third-order valence-electron chi connectivity index (χ3n) is 4.48. The minimum atomic E-state index is -0.755. The number of aryl methyl sites for hydroxylation is 1. The lowest BCUT2D eigenvalue weighted by molar-refractivity contribution is -0.137. The molecule has 1 heterocycles. The summed E-state index contributed by atoms with van der Waals surface area (Å²) < 4.78 is 1.84. The Morgan fingerprint density at radius 1 is 1.11 bits per heavy atom. The third-order valence-corrected chi connectivity index (χ3v) is 4.48. The van der Waals surface area contributed by atoms with Crippen LogP contribution < -0.4 is 5.32 Å². The third kappa shape index (κ3) is 5.94. The summed E-state index contributed by atoms with van der Waals surface area (Å²) in [7, 11) is 0. The number of hydrogen-bond acceptors (Lipinski definition) is 3. The summed E-state index contributed by atoms with van der Waals surface area (Å²) in [6, 6.07) is 8.08. The molecule has 6 heteroatoms. The van der Waals surface area contributed by atoms with Crippen molar-refractivity contribution in [1.29, 1.82) is 0 Å². The standard InChI is InChI=1S/C21H29N3O3/c1-15(2)20-18(14-23-24(20)17-11-9-16(3)10-12-17)21(27)22-13-7-5-4-6-8-19(25)26/h9-12,14-15H,4-8,13H2,1-3H3,(H,22,27)(H,25,26). The number of aliphatic carboxylic acids is 1. The lowest BCUT2D eigenvalue weighted by atomic mass is 10.0. The van der Waals surface area contributed by atoms with E-state index >= 15 is 0 Å². The molecule has 1 aromatic heterocycles. The fraction of sp³-hybridized carbons (Fsp3) is 0.476. The van der Waals surface area contributed by atoms with Crippen molar-refractivity contribution in [2.24, 2.45) is 0 Å². The molecule has 2 N–H and O–H groups in total. The predicted molar refractivity (Wildman–Crippen MR) is 105 cm³/mol. The van der Waals surface area contributed by atoms with Crippen molar-refractivity contribution in [1.82, 2.24) is 15.1 Å². The zero-order chi connectivity index (χ0) is 19.8. The number of amides is 1. The molecule has 0 aliphatic carbocycles. The summed E-state index contributed by atoms with van der Waals surface area (Å²) >= 11 is 0. The molecular formula is C21H29N3O3. The van der Waals surface area contributed by atoms with E-state index in [1.54, 1.807) is 6.20 Å². The first-order valence-corrected chi connectivity index (χ1v) is 9.55. The van der Waals surface area contributed by atoms with Crippen LogP contribution >= 0.6 is 0 Å². The second kappa shape index (κ2) is 9.90. The maximum Gasteiger partial charge on any atom is 0.303 e. The van der Waals surface area contributed by atoms with Gasteiger partial charge in [0, 0.05) is 13.0 Å². The monoisotopic (exact) mass is 371 g/mol. The van der Waals surface area contributed by atoms with Crippen LogP contribution in [0.25, 0.3) is 5.69 Å². The van der Waals surface area contributed by atoms with Crippen LogP contribution in [-0.2, 0) is 4.79 Å². The van der Waals surface area contributed by atoms with Gasteiger partial charge in [-0.2, -0.15) is 5.10 Å². The molecule has 146 valence electrons. The SMILES string of the molecule is Cc1ccc(-n2ncc(C(=O)NCCCCCCC(=O)O)c2C(C)C)cc1. The zero-order valence-corrected chi connectivity index (χ0v) is 16.4. The molecule has 2 rings (SSSR count). The molecule has 27 heavy (non-hydrogen) atoms. The molecule has 0 saturated heterocycles. The molecule has 0 radical (unpaired) electrons. The van der Waals surface area contributed by atoms with Crippen LogP contribution in [0.5, 0.6) is 0 Å². The Labute approximate surface area is 160 Å². The van der Waals surface area contributed by atoms with Gasteiger partial charge < -0.3 is 10.4 Å². The van der Waals surface area contributed by atoms with E-state index in [2.05, 4.69) is 24.3 Å². The second-order valence-electron chi connectivity index (χ2n) is 7.16. The first-order chi connectivity index (χ1) is 12.9. The average Bonchev–Trinajstić information content (AvgIpc) is 3.06. The number of nitrogens with zero attached hydrogens (tertiary/aromatic N) is 2.